The molecule has 2 aromatic rings. The van der Waals surface area contributed by atoms with Crippen LogP contribution in [0.15, 0.2) is 28.7 Å². The number of nitrogens with one attached hydrogen (secondary N) is 1. The Bertz CT molecular complexity index is 755. The number of benzene rings is 1. The van der Waals surface area contributed by atoms with Crippen LogP contribution in [0.1, 0.15) is 37.9 Å². The third kappa shape index (κ3) is 3.18. The average molecular weight is 342 g/mol. The van der Waals surface area contributed by atoms with E-state index >= 15 is 0 Å². The number of carbonyl (C=O) groups is 1. The lowest BCUT2D eigenvalue weighted by Crippen LogP contribution is -2.60. The second-order valence-corrected chi connectivity index (χ2v) is 7.26. The second kappa shape index (κ2) is 6.81. The van der Waals surface area contributed by atoms with E-state index in [1.165, 1.54) is 6.42 Å². The number of nitrogens with zero attached hydrogens (tertiary/aromatic N) is 1. The van der Waals surface area contributed by atoms with Crippen LogP contribution in [0.2, 0.25) is 0 Å². The van der Waals surface area contributed by atoms with Gasteiger partial charge in [0, 0.05) is 24.2 Å². The third-order valence-electron chi connectivity index (χ3n) is 5.62. The van der Waals surface area contributed by atoms with Gasteiger partial charge in [0.15, 0.2) is 0 Å². The van der Waals surface area contributed by atoms with Crippen LogP contribution in [0.3, 0.4) is 0 Å². The number of furan rings is 1. The molecule has 1 amide bonds. The highest BCUT2D eigenvalue weighted by Gasteiger charge is 2.45. The summed E-state index contributed by atoms with van der Waals surface area (Å²) in [6, 6.07) is 7.86. The van der Waals surface area contributed by atoms with Gasteiger partial charge in [0.05, 0.1) is 13.2 Å². The second-order valence-electron chi connectivity index (χ2n) is 7.26. The Hall–Kier alpha value is -1.85. The molecule has 1 saturated carbocycles. The van der Waals surface area contributed by atoms with Crippen molar-refractivity contribution in [1.82, 2.24) is 4.90 Å². The van der Waals surface area contributed by atoms with E-state index < -0.39 is 0 Å². The van der Waals surface area contributed by atoms with Crippen LogP contribution in [0.4, 0.5) is 5.69 Å². The van der Waals surface area contributed by atoms with E-state index in [2.05, 4.69) is 10.2 Å². The molecule has 25 heavy (non-hydrogen) atoms. The molecule has 1 N–H and O–H groups in total. The summed E-state index contributed by atoms with van der Waals surface area (Å²) in [5, 5.41) is 4.22. The van der Waals surface area contributed by atoms with Crippen LogP contribution in [0.5, 0.6) is 0 Å². The predicted octanol–water partition coefficient (Wildman–Crippen LogP) is 3.71. The highest BCUT2D eigenvalue weighted by atomic mass is 16.5. The van der Waals surface area contributed by atoms with Crippen LogP contribution in [-0.2, 0) is 9.53 Å². The van der Waals surface area contributed by atoms with E-state index in [0.717, 1.165) is 74.4 Å². The molecule has 1 aliphatic carbocycles. The maximum atomic E-state index is 13.3. The van der Waals surface area contributed by atoms with Crippen LogP contribution in [0, 0.1) is 6.92 Å². The van der Waals surface area contributed by atoms with E-state index in [1.807, 2.05) is 31.2 Å². The van der Waals surface area contributed by atoms with Gasteiger partial charge in [-0.05, 0) is 44.0 Å². The first-order valence-electron chi connectivity index (χ1n) is 9.32. The molecule has 1 aliphatic heterocycles. The topological polar surface area (TPSA) is 54.7 Å². The fourth-order valence-corrected chi connectivity index (χ4v) is 4.32. The number of carbonyl (C=O) groups excluding carboxylic acids is 1. The summed E-state index contributed by atoms with van der Waals surface area (Å²) in [5.41, 5.74) is 1.32. The Morgan fingerprint density at radius 1 is 1.12 bits per heavy atom. The largest absolute Gasteiger partial charge is 0.461 e. The lowest BCUT2D eigenvalue weighted by molar-refractivity contribution is -0.134. The van der Waals surface area contributed by atoms with E-state index in [1.54, 1.807) is 0 Å². The van der Waals surface area contributed by atoms with Crippen molar-refractivity contribution in [3.8, 4) is 0 Å². The number of amides is 1. The normalized spacial score (nSPS) is 21.3. The lowest BCUT2D eigenvalue weighted by Gasteiger charge is -2.46. The molecule has 1 saturated heterocycles. The van der Waals surface area contributed by atoms with Gasteiger partial charge in [-0.15, -0.1) is 0 Å². The quantitative estimate of drug-likeness (QED) is 0.924. The summed E-state index contributed by atoms with van der Waals surface area (Å²) in [7, 11) is 0. The SMILES string of the molecule is Cc1cc2cc(NC(=O)C3(N4CCOCC4)CCCCC3)ccc2o1. The maximum absolute atomic E-state index is 13.3. The van der Waals surface area contributed by atoms with Crippen molar-refractivity contribution in [3.05, 3.63) is 30.0 Å². The number of fused-ring (bicyclic) bond motifs is 1. The number of morpholine rings is 1. The molecule has 4 rings (SSSR count). The van der Waals surface area contributed by atoms with E-state index in [-0.39, 0.29) is 11.4 Å². The number of anilines is 1. The first kappa shape index (κ1) is 16.6. The number of rotatable bonds is 3. The number of hydrogen-bond donors (Lipinski definition) is 1. The molecular weight excluding hydrogens is 316 g/mol. The summed E-state index contributed by atoms with van der Waals surface area (Å²) in [4.78, 5) is 15.7. The predicted molar refractivity (Wildman–Crippen MR) is 97.8 cm³/mol. The van der Waals surface area contributed by atoms with Crippen molar-refractivity contribution < 1.29 is 13.9 Å². The van der Waals surface area contributed by atoms with Crippen LogP contribution < -0.4 is 5.32 Å². The first-order chi connectivity index (χ1) is 12.2. The van der Waals surface area contributed by atoms with Crippen molar-refractivity contribution in [2.45, 2.75) is 44.6 Å². The summed E-state index contributed by atoms with van der Waals surface area (Å²) in [6.45, 7) is 5.05. The Labute approximate surface area is 148 Å². The fraction of sp³-hybridized carbons (Fsp3) is 0.550. The van der Waals surface area contributed by atoms with Gasteiger partial charge < -0.3 is 14.5 Å². The van der Waals surface area contributed by atoms with Crippen LogP contribution in [-0.4, -0.2) is 42.6 Å². The van der Waals surface area contributed by atoms with Gasteiger partial charge in [-0.1, -0.05) is 19.3 Å². The van der Waals surface area contributed by atoms with Gasteiger partial charge in [0.1, 0.15) is 16.9 Å². The molecule has 0 bridgehead atoms. The Kier molecular flexibility index (Phi) is 4.52. The van der Waals surface area contributed by atoms with Crippen LogP contribution >= 0.6 is 0 Å². The molecule has 1 aromatic heterocycles. The molecule has 5 nitrogen and oxygen atoms in total. The van der Waals surface area contributed by atoms with E-state index in [0.29, 0.717) is 0 Å². The monoisotopic (exact) mass is 342 g/mol. The number of hydrogen-bond acceptors (Lipinski definition) is 4. The molecule has 1 aromatic carbocycles. The van der Waals surface area contributed by atoms with Crippen molar-refractivity contribution in [2.75, 3.05) is 31.6 Å². The van der Waals surface area contributed by atoms with Gasteiger partial charge in [0.25, 0.3) is 0 Å². The molecule has 2 fully saturated rings. The average Bonchev–Trinajstić information content (AvgIpc) is 3.02. The summed E-state index contributed by atoms with van der Waals surface area (Å²) >= 11 is 0. The van der Waals surface area contributed by atoms with E-state index in [9.17, 15) is 4.79 Å². The first-order valence-corrected chi connectivity index (χ1v) is 9.32. The van der Waals surface area contributed by atoms with Crippen molar-refractivity contribution >= 4 is 22.6 Å². The molecule has 0 atom stereocenters. The fourth-order valence-electron chi connectivity index (χ4n) is 4.32. The molecule has 134 valence electrons. The molecule has 5 heteroatoms. The van der Waals surface area contributed by atoms with E-state index in [4.69, 9.17) is 9.15 Å². The van der Waals surface area contributed by atoms with Crippen molar-refractivity contribution in [2.24, 2.45) is 0 Å². The Balaban J connectivity index is 1.58. The van der Waals surface area contributed by atoms with Gasteiger partial charge in [0.2, 0.25) is 5.91 Å². The van der Waals surface area contributed by atoms with Gasteiger partial charge in [-0.2, -0.15) is 0 Å². The Morgan fingerprint density at radius 2 is 1.88 bits per heavy atom. The van der Waals surface area contributed by atoms with Crippen molar-refractivity contribution in [1.29, 1.82) is 0 Å². The number of aryl methyl sites for hydroxylation is 1. The van der Waals surface area contributed by atoms with Gasteiger partial charge in [-0.3, -0.25) is 9.69 Å². The van der Waals surface area contributed by atoms with Crippen molar-refractivity contribution in [3.63, 3.8) is 0 Å². The molecule has 0 unspecified atom stereocenters. The zero-order valence-corrected chi connectivity index (χ0v) is 14.8. The minimum absolute atomic E-state index is 0.133. The maximum Gasteiger partial charge on any atom is 0.244 e. The summed E-state index contributed by atoms with van der Waals surface area (Å²) in [6.07, 6.45) is 5.33. The Morgan fingerprint density at radius 3 is 2.64 bits per heavy atom. The lowest BCUT2D eigenvalue weighted by atomic mass is 9.79. The molecule has 0 radical (unpaired) electrons. The molecular formula is C20H26N2O3. The van der Waals surface area contributed by atoms with Gasteiger partial charge >= 0.3 is 0 Å². The minimum atomic E-state index is -0.386. The molecule has 0 spiro atoms. The standard InChI is InChI=1S/C20H26N2O3/c1-15-13-16-14-17(5-6-18(16)25-15)21-19(23)20(7-3-2-4-8-20)22-9-11-24-12-10-22/h5-6,13-14H,2-4,7-12H2,1H3,(H,21,23). The minimum Gasteiger partial charge on any atom is -0.461 e. The highest BCUT2D eigenvalue weighted by Crippen LogP contribution is 2.35. The zero-order valence-electron chi connectivity index (χ0n) is 14.8. The summed E-state index contributed by atoms with van der Waals surface area (Å²) in [5.74, 6) is 1.02. The molecule has 2 heterocycles. The highest BCUT2D eigenvalue weighted by molar-refractivity contribution is 5.99. The number of ether oxygens (including phenoxy) is 1. The molecule has 2 aliphatic rings. The zero-order chi connectivity index (χ0) is 17.3. The van der Waals surface area contributed by atoms with Gasteiger partial charge in [-0.25, -0.2) is 0 Å². The third-order valence-corrected chi connectivity index (χ3v) is 5.62. The smallest absolute Gasteiger partial charge is 0.244 e. The van der Waals surface area contributed by atoms with Crippen LogP contribution in [0.25, 0.3) is 11.0 Å². The summed E-state index contributed by atoms with van der Waals surface area (Å²) < 4.78 is 11.1.